The van der Waals surface area contributed by atoms with Gasteiger partial charge in [0.25, 0.3) is 5.91 Å². The summed E-state index contributed by atoms with van der Waals surface area (Å²) in [5.74, 6) is -1.32. The lowest BCUT2D eigenvalue weighted by Crippen LogP contribution is -2.55. The Kier molecular flexibility index (Phi) is 6.93. The van der Waals surface area contributed by atoms with E-state index < -0.39 is 17.8 Å². The lowest BCUT2D eigenvalue weighted by atomic mass is 9.96. The highest BCUT2D eigenvalue weighted by atomic mass is 19.1. The number of pyridine rings is 2. The third kappa shape index (κ3) is 4.63. The van der Waals surface area contributed by atoms with Crippen molar-refractivity contribution in [1.29, 1.82) is 5.26 Å². The lowest BCUT2D eigenvalue weighted by molar-refractivity contribution is -0.131. The zero-order valence-electron chi connectivity index (χ0n) is 21.4. The number of aromatic nitrogens is 2. The molecule has 0 saturated carbocycles. The van der Waals surface area contributed by atoms with E-state index in [0.717, 1.165) is 22.2 Å². The first-order chi connectivity index (χ1) is 18.4. The molecule has 1 atom stereocenters. The largest absolute Gasteiger partial charge is 0.478 e. The van der Waals surface area contributed by atoms with Gasteiger partial charge < -0.3 is 14.5 Å². The Balaban J connectivity index is 1.59. The number of benzene rings is 2. The van der Waals surface area contributed by atoms with Crippen LogP contribution < -0.4 is 9.64 Å². The number of amides is 1. The van der Waals surface area contributed by atoms with Gasteiger partial charge in [-0.2, -0.15) is 5.26 Å². The summed E-state index contributed by atoms with van der Waals surface area (Å²) in [6.45, 7) is 8.65. The molecule has 4 aromatic rings. The van der Waals surface area contributed by atoms with Gasteiger partial charge in [0, 0.05) is 37.5 Å². The summed E-state index contributed by atoms with van der Waals surface area (Å²) >= 11 is 0. The first-order valence-corrected chi connectivity index (χ1v) is 12.6. The summed E-state index contributed by atoms with van der Waals surface area (Å²) < 4.78 is 19.4. The highest BCUT2D eigenvalue weighted by Gasteiger charge is 2.32. The van der Waals surface area contributed by atoms with Crippen LogP contribution in [0.15, 0.2) is 67.1 Å². The molecule has 0 aliphatic carbocycles. The molecule has 2 aromatic heterocycles. The Morgan fingerprint density at radius 2 is 2.03 bits per heavy atom. The normalized spacial score (nSPS) is 15.5. The molecule has 1 aliphatic rings. The number of ether oxygens (including phenoxy) is 1. The Bertz CT molecular complexity index is 1590. The number of anilines is 1. The number of nitriles is 1. The van der Waals surface area contributed by atoms with Crippen LogP contribution in [-0.4, -0.2) is 53.1 Å². The first kappa shape index (κ1) is 25.2. The summed E-state index contributed by atoms with van der Waals surface area (Å²) in [6, 6.07) is 18.0. The molecule has 2 aromatic carbocycles. The Morgan fingerprint density at radius 3 is 2.76 bits per heavy atom. The van der Waals surface area contributed by atoms with Crippen LogP contribution in [-0.2, 0) is 4.79 Å². The van der Waals surface area contributed by atoms with Gasteiger partial charge in [0.15, 0.2) is 5.83 Å². The van der Waals surface area contributed by atoms with Crippen molar-refractivity contribution in [2.45, 2.75) is 26.3 Å². The Labute approximate surface area is 220 Å². The molecule has 1 fully saturated rings. The topological polar surface area (TPSA) is 82.3 Å². The van der Waals surface area contributed by atoms with E-state index in [1.54, 1.807) is 0 Å². The van der Waals surface area contributed by atoms with Gasteiger partial charge >= 0.3 is 0 Å². The van der Waals surface area contributed by atoms with E-state index in [-0.39, 0.29) is 13.0 Å². The van der Waals surface area contributed by atoms with Crippen LogP contribution in [0.5, 0.6) is 5.88 Å². The smallest absolute Gasteiger partial charge is 0.282 e. The fourth-order valence-corrected chi connectivity index (χ4v) is 5.23. The van der Waals surface area contributed by atoms with Crippen molar-refractivity contribution >= 4 is 33.4 Å². The third-order valence-corrected chi connectivity index (χ3v) is 6.96. The molecule has 192 valence electrons. The van der Waals surface area contributed by atoms with Gasteiger partial charge in [-0.1, -0.05) is 43.0 Å². The Morgan fingerprint density at radius 1 is 1.24 bits per heavy atom. The number of rotatable bonds is 6. The monoisotopic (exact) mass is 509 g/mol. The minimum atomic E-state index is -1.02. The van der Waals surface area contributed by atoms with Crippen LogP contribution in [0.4, 0.5) is 10.1 Å². The van der Waals surface area contributed by atoms with Crippen molar-refractivity contribution in [2.75, 3.05) is 31.1 Å². The summed E-state index contributed by atoms with van der Waals surface area (Å²) in [4.78, 5) is 25.4. The zero-order chi connectivity index (χ0) is 26.8. The van der Waals surface area contributed by atoms with Crippen molar-refractivity contribution in [1.82, 2.24) is 14.9 Å². The van der Waals surface area contributed by atoms with Gasteiger partial charge in [0.1, 0.15) is 5.52 Å². The number of carbonyl (C=O) groups excluding carboxylic acids is 1. The SMILES string of the molecule is C=C(F)C(=O)N1CCN(c2cc(OCC)nc3cc(-c4cccc5cccc(C)c45)cnc23)C[C@@H]1CC#N. The van der Waals surface area contributed by atoms with Crippen LogP contribution in [0.2, 0.25) is 0 Å². The number of carbonyl (C=O) groups is 1. The van der Waals surface area contributed by atoms with Gasteiger partial charge in [0.2, 0.25) is 5.88 Å². The maximum atomic E-state index is 13.6. The fourth-order valence-electron chi connectivity index (χ4n) is 5.23. The minimum absolute atomic E-state index is 0.0782. The van der Waals surface area contributed by atoms with E-state index in [2.05, 4.69) is 54.8 Å². The van der Waals surface area contributed by atoms with Crippen molar-refractivity contribution < 1.29 is 13.9 Å². The molecule has 5 rings (SSSR count). The molecule has 3 heterocycles. The van der Waals surface area contributed by atoms with E-state index in [4.69, 9.17) is 14.7 Å². The molecule has 0 spiro atoms. The first-order valence-electron chi connectivity index (χ1n) is 12.6. The van der Waals surface area contributed by atoms with E-state index in [1.165, 1.54) is 15.8 Å². The molecule has 0 N–H and O–H groups in total. The van der Waals surface area contributed by atoms with Crippen molar-refractivity contribution in [3.63, 3.8) is 0 Å². The molecule has 1 amide bonds. The van der Waals surface area contributed by atoms with Crippen LogP contribution in [0.3, 0.4) is 0 Å². The van der Waals surface area contributed by atoms with E-state index in [9.17, 15) is 14.4 Å². The van der Waals surface area contributed by atoms with Crippen LogP contribution in [0.25, 0.3) is 32.9 Å². The fraction of sp³-hybridized carbons (Fsp3) is 0.267. The summed E-state index contributed by atoms with van der Waals surface area (Å²) in [5, 5.41) is 11.7. The number of fused-ring (bicyclic) bond motifs is 2. The molecule has 1 saturated heterocycles. The molecular weight excluding hydrogens is 481 g/mol. The lowest BCUT2D eigenvalue weighted by Gasteiger charge is -2.41. The van der Waals surface area contributed by atoms with Gasteiger partial charge in [-0.15, -0.1) is 0 Å². The number of halogens is 1. The summed E-state index contributed by atoms with van der Waals surface area (Å²) in [5.41, 5.74) is 5.38. The second-order valence-electron chi connectivity index (χ2n) is 9.35. The van der Waals surface area contributed by atoms with Gasteiger partial charge in [-0.25, -0.2) is 9.37 Å². The molecule has 1 aliphatic heterocycles. The number of aryl methyl sites for hydroxylation is 1. The average Bonchev–Trinajstić information content (AvgIpc) is 2.92. The molecular formula is C30H28FN5O2. The van der Waals surface area contributed by atoms with Gasteiger partial charge in [-0.05, 0) is 41.8 Å². The molecule has 7 nitrogen and oxygen atoms in total. The molecule has 0 unspecified atom stereocenters. The van der Waals surface area contributed by atoms with Gasteiger partial charge in [0.05, 0.1) is 36.3 Å². The van der Waals surface area contributed by atoms with Crippen molar-refractivity contribution in [3.8, 4) is 23.1 Å². The van der Waals surface area contributed by atoms with Crippen molar-refractivity contribution in [3.05, 3.63) is 72.7 Å². The predicted molar refractivity (Wildman–Crippen MR) is 147 cm³/mol. The Hall–Kier alpha value is -4.51. The van der Waals surface area contributed by atoms with E-state index in [1.807, 2.05) is 31.3 Å². The number of hydrogen-bond donors (Lipinski definition) is 0. The zero-order valence-corrected chi connectivity index (χ0v) is 21.4. The van der Waals surface area contributed by atoms with Crippen LogP contribution in [0.1, 0.15) is 18.9 Å². The second kappa shape index (κ2) is 10.5. The third-order valence-electron chi connectivity index (χ3n) is 6.96. The number of nitrogens with zero attached hydrogens (tertiary/aromatic N) is 5. The standard InChI is InChI=1S/C30H28FN5O2/c1-4-38-27-16-26(35-13-14-36(30(37)20(3)31)23(18-35)11-12-32)29-25(34-27)15-22(17-33-29)24-10-6-9-21-8-5-7-19(2)28(21)24/h5-10,15-17,23H,3-4,11,13-14,18H2,1-2H3/t23-/m0/s1. The maximum absolute atomic E-state index is 13.6. The molecule has 0 bridgehead atoms. The highest BCUT2D eigenvalue weighted by Crippen LogP contribution is 2.35. The van der Waals surface area contributed by atoms with Crippen LogP contribution >= 0.6 is 0 Å². The van der Waals surface area contributed by atoms with Crippen LogP contribution in [0, 0.1) is 18.3 Å². The van der Waals surface area contributed by atoms with Gasteiger partial charge in [-0.3, -0.25) is 9.78 Å². The maximum Gasteiger partial charge on any atom is 0.282 e. The molecule has 38 heavy (non-hydrogen) atoms. The summed E-state index contributed by atoms with van der Waals surface area (Å²) in [7, 11) is 0. The molecule has 0 radical (unpaired) electrons. The van der Waals surface area contributed by atoms with E-state index in [0.29, 0.717) is 36.6 Å². The van der Waals surface area contributed by atoms with Crippen molar-refractivity contribution in [2.24, 2.45) is 0 Å². The number of hydrogen-bond acceptors (Lipinski definition) is 6. The molecule has 8 heteroatoms. The average molecular weight is 510 g/mol. The quantitative estimate of drug-likeness (QED) is 0.316. The number of piperazine rings is 1. The predicted octanol–water partition coefficient (Wildman–Crippen LogP) is 5.57. The summed E-state index contributed by atoms with van der Waals surface area (Å²) in [6.07, 6.45) is 1.93. The van der Waals surface area contributed by atoms with E-state index >= 15 is 0 Å². The highest BCUT2D eigenvalue weighted by molar-refractivity contribution is 6.01. The second-order valence-corrected chi connectivity index (χ2v) is 9.35. The minimum Gasteiger partial charge on any atom is -0.478 e.